The van der Waals surface area contributed by atoms with Gasteiger partial charge in [0.05, 0.1) is 6.54 Å². The topological polar surface area (TPSA) is 62.6 Å². The SMILES string of the molecule is NCc1cc2cc(-c3ccc(C(O)N4CCC(F)(F)CC4)cc3)cc(-c3ccc(Cl)cc3)c2o1. The number of nitrogens with zero attached hydrogens (tertiary/aromatic N) is 1. The molecule has 1 atom stereocenters. The van der Waals surface area contributed by atoms with Crippen LogP contribution in [0.25, 0.3) is 33.2 Å². The average Bonchev–Trinajstić information content (AvgIpc) is 3.27. The van der Waals surface area contributed by atoms with Crippen LogP contribution in [0, 0.1) is 0 Å². The van der Waals surface area contributed by atoms with Crippen LogP contribution in [0.3, 0.4) is 0 Å². The summed E-state index contributed by atoms with van der Waals surface area (Å²) in [5.74, 6) is -1.94. The Morgan fingerprint density at radius 3 is 2.24 bits per heavy atom. The molecule has 1 aliphatic heterocycles. The van der Waals surface area contributed by atoms with Crippen LogP contribution in [-0.4, -0.2) is 29.0 Å². The Morgan fingerprint density at radius 2 is 1.59 bits per heavy atom. The lowest BCUT2D eigenvalue weighted by molar-refractivity contribution is -0.0961. The Labute approximate surface area is 201 Å². The zero-order valence-electron chi connectivity index (χ0n) is 18.5. The second kappa shape index (κ2) is 9.12. The smallest absolute Gasteiger partial charge is 0.250 e. The third kappa shape index (κ3) is 4.59. The Bertz CT molecular complexity index is 1290. The highest BCUT2D eigenvalue weighted by atomic mass is 35.5. The largest absolute Gasteiger partial charge is 0.459 e. The number of hydrogen-bond acceptors (Lipinski definition) is 4. The molecule has 1 unspecified atom stereocenters. The minimum Gasteiger partial charge on any atom is -0.459 e. The van der Waals surface area contributed by atoms with Crippen LogP contribution in [0.2, 0.25) is 5.02 Å². The van der Waals surface area contributed by atoms with Gasteiger partial charge in [0.25, 0.3) is 5.92 Å². The van der Waals surface area contributed by atoms with E-state index in [1.807, 2.05) is 54.6 Å². The van der Waals surface area contributed by atoms with Crippen LogP contribution in [0.1, 0.15) is 30.4 Å². The van der Waals surface area contributed by atoms with Crippen LogP contribution in [0.15, 0.2) is 71.1 Å². The van der Waals surface area contributed by atoms with Crippen molar-refractivity contribution < 1.29 is 18.3 Å². The summed E-state index contributed by atoms with van der Waals surface area (Å²) in [6.45, 7) is 0.640. The van der Waals surface area contributed by atoms with Gasteiger partial charge in [-0.15, -0.1) is 0 Å². The summed E-state index contributed by atoms with van der Waals surface area (Å²) in [5, 5.41) is 12.3. The van der Waals surface area contributed by atoms with Gasteiger partial charge in [0.15, 0.2) is 0 Å². The molecule has 3 aromatic carbocycles. The highest BCUT2D eigenvalue weighted by Gasteiger charge is 2.36. The predicted octanol–water partition coefficient (Wildman–Crippen LogP) is 6.60. The number of aliphatic hydroxyl groups excluding tert-OH is 1. The van der Waals surface area contributed by atoms with Crippen molar-refractivity contribution in [2.45, 2.75) is 31.5 Å². The summed E-state index contributed by atoms with van der Waals surface area (Å²) in [5.41, 5.74) is 11.1. The van der Waals surface area contributed by atoms with Gasteiger partial charge in [-0.3, -0.25) is 4.90 Å². The van der Waals surface area contributed by atoms with Crippen LogP contribution in [-0.2, 0) is 6.54 Å². The number of hydrogen-bond donors (Lipinski definition) is 2. The van der Waals surface area contributed by atoms with Crippen molar-refractivity contribution in [1.29, 1.82) is 0 Å². The van der Waals surface area contributed by atoms with Crippen LogP contribution in [0.4, 0.5) is 8.78 Å². The van der Waals surface area contributed by atoms with Crippen molar-refractivity contribution in [3.8, 4) is 22.3 Å². The molecule has 1 saturated heterocycles. The fourth-order valence-corrected chi connectivity index (χ4v) is 4.60. The molecule has 4 aromatic rings. The minimum absolute atomic E-state index is 0.168. The maximum absolute atomic E-state index is 13.5. The van der Waals surface area contributed by atoms with E-state index in [2.05, 4.69) is 12.1 Å². The number of halogens is 3. The molecular weight excluding hydrogens is 458 g/mol. The Balaban J connectivity index is 1.47. The third-order valence-electron chi connectivity index (χ3n) is 6.44. The quantitative estimate of drug-likeness (QED) is 0.336. The number of benzene rings is 3. The van der Waals surface area contributed by atoms with E-state index in [0.717, 1.165) is 33.2 Å². The molecule has 176 valence electrons. The first-order valence-electron chi connectivity index (χ1n) is 11.3. The van der Waals surface area contributed by atoms with Crippen molar-refractivity contribution >= 4 is 22.6 Å². The highest BCUT2D eigenvalue weighted by molar-refractivity contribution is 6.30. The number of piperidine rings is 1. The first-order valence-corrected chi connectivity index (χ1v) is 11.6. The van der Waals surface area contributed by atoms with Crippen molar-refractivity contribution in [3.63, 3.8) is 0 Å². The molecule has 0 bridgehead atoms. The van der Waals surface area contributed by atoms with Gasteiger partial charge in [-0.05, 0) is 52.6 Å². The maximum Gasteiger partial charge on any atom is 0.250 e. The Morgan fingerprint density at radius 1 is 0.941 bits per heavy atom. The van der Waals surface area contributed by atoms with Crippen molar-refractivity contribution in [2.75, 3.05) is 13.1 Å². The number of aliphatic hydroxyl groups is 1. The molecule has 7 heteroatoms. The average molecular weight is 483 g/mol. The lowest BCUT2D eigenvalue weighted by Gasteiger charge is -2.35. The van der Waals surface area contributed by atoms with Gasteiger partial charge < -0.3 is 15.3 Å². The first kappa shape index (κ1) is 23.0. The van der Waals surface area contributed by atoms with Gasteiger partial charge in [-0.25, -0.2) is 8.78 Å². The highest BCUT2D eigenvalue weighted by Crippen LogP contribution is 2.37. The normalized spacial score (nSPS) is 17.2. The fourth-order valence-electron chi connectivity index (χ4n) is 4.47. The zero-order chi connectivity index (χ0) is 23.9. The van der Waals surface area contributed by atoms with E-state index in [4.69, 9.17) is 21.8 Å². The van der Waals surface area contributed by atoms with Gasteiger partial charge in [0.1, 0.15) is 17.6 Å². The van der Waals surface area contributed by atoms with Crippen molar-refractivity contribution in [2.24, 2.45) is 5.73 Å². The van der Waals surface area contributed by atoms with Crippen molar-refractivity contribution in [3.05, 3.63) is 83.1 Å². The number of likely N-dealkylation sites (tertiary alicyclic amines) is 1. The molecule has 4 nitrogen and oxygen atoms in total. The number of fused-ring (bicyclic) bond motifs is 1. The number of nitrogens with two attached hydrogens (primary N) is 1. The molecule has 0 radical (unpaired) electrons. The van der Waals surface area contributed by atoms with E-state index in [9.17, 15) is 13.9 Å². The molecular formula is C27H25ClF2N2O2. The molecule has 1 aromatic heterocycles. The molecule has 0 aliphatic carbocycles. The number of furan rings is 1. The van der Waals surface area contributed by atoms with E-state index in [0.29, 0.717) is 22.9 Å². The zero-order valence-corrected chi connectivity index (χ0v) is 19.2. The van der Waals surface area contributed by atoms with Gasteiger partial charge in [-0.1, -0.05) is 48.0 Å². The van der Waals surface area contributed by atoms with E-state index < -0.39 is 12.2 Å². The Hall–Kier alpha value is -2.77. The summed E-state index contributed by atoms with van der Waals surface area (Å²) in [6, 6.07) is 21.2. The molecule has 0 amide bonds. The standard InChI is InChI=1S/C27H25ClF2N2O2/c28-22-7-5-18(6-8-22)24-15-20(13-21-14-23(16-31)34-25(21)24)17-1-3-19(4-2-17)26(33)32-11-9-27(29,30)10-12-32/h1-8,13-15,26,33H,9-12,16,31H2. The molecule has 5 rings (SSSR count). The van der Waals surface area contributed by atoms with E-state index in [1.165, 1.54) is 0 Å². The molecule has 0 saturated carbocycles. The summed E-state index contributed by atoms with van der Waals surface area (Å²) < 4.78 is 32.9. The molecule has 1 fully saturated rings. The van der Waals surface area contributed by atoms with Crippen LogP contribution >= 0.6 is 11.6 Å². The van der Waals surface area contributed by atoms with Gasteiger partial charge >= 0.3 is 0 Å². The first-order chi connectivity index (χ1) is 16.3. The lowest BCUT2D eigenvalue weighted by Crippen LogP contribution is -2.41. The second-order valence-electron chi connectivity index (χ2n) is 8.75. The maximum atomic E-state index is 13.5. The third-order valence-corrected chi connectivity index (χ3v) is 6.69. The van der Waals surface area contributed by atoms with Crippen LogP contribution in [0.5, 0.6) is 0 Å². The molecule has 1 aliphatic rings. The molecule has 3 N–H and O–H groups in total. The summed E-state index contributed by atoms with van der Waals surface area (Å²) in [7, 11) is 0. The second-order valence-corrected chi connectivity index (χ2v) is 9.19. The lowest BCUT2D eigenvalue weighted by atomic mass is 9.96. The Kier molecular flexibility index (Phi) is 6.16. The predicted molar refractivity (Wildman–Crippen MR) is 131 cm³/mol. The van der Waals surface area contributed by atoms with E-state index >= 15 is 0 Å². The number of alkyl halides is 2. The molecule has 34 heavy (non-hydrogen) atoms. The molecule has 0 spiro atoms. The summed E-state index contributed by atoms with van der Waals surface area (Å²) >= 11 is 6.08. The van der Waals surface area contributed by atoms with Crippen LogP contribution < -0.4 is 5.73 Å². The van der Waals surface area contributed by atoms with E-state index in [1.54, 1.807) is 4.90 Å². The van der Waals surface area contributed by atoms with Gasteiger partial charge in [0, 0.05) is 41.9 Å². The van der Waals surface area contributed by atoms with Gasteiger partial charge in [0.2, 0.25) is 0 Å². The summed E-state index contributed by atoms with van der Waals surface area (Å²) in [4.78, 5) is 1.69. The number of rotatable bonds is 5. The van der Waals surface area contributed by atoms with E-state index in [-0.39, 0.29) is 25.9 Å². The van der Waals surface area contributed by atoms with Crippen molar-refractivity contribution in [1.82, 2.24) is 4.90 Å². The minimum atomic E-state index is -2.64. The van der Waals surface area contributed by atoms with Gasteiger partial charge in [-0.2, -0.15) is 0 Å². The fraction of sp³-hybridized carbons (Fsp3) is 0.259. The molecule has 2 heterocycles. The monoisotopic (exact) mass is 482 g/mol. The summed E-state index contributed by atoms with van der Waals surface area (Å²) in [6.07, 6.45) is -1.37.